The van der Waals surface area contributed by atoms with E-state index in [1.54, 1.807) is 4.90 Å². The second-order valence-electron chi connectivity index (χ2n) is 5.03. The van der Waals surface area contributed by atoms with Gasteiger partial charge in [0.05, 0.1) is 0 Å². The summed E-state index contributed by atoms with van der Waals surface area (Å²) in [4.78, 5) is 14.3. The van der Waals surface area contributed by atoms with Crippen LogP contribution in [0.25, 0.3) is 0 Å². The number of hydrogen-bond acceptors (Lipinski definition) is 2. The molecule has 4 heteroatoms. The summed E-state index contributed by atoms with van der Waals surface area (Å²) in [5.41, 5.74) is 3.82. The van der Waals surface area contributed by atoms with E-state index < -0.39 is 0 Å². The van der Waals surface area contributed by atoms with Crippen LogP contribution in [0.3, 0.4) is 0 Å². The van der Waals surface area contributed by atoms with Crippen LogP contribution < -0.4 is 5.32 Å². The van der Waals surface area contributed by atoms with Gasteiger partial charge in [0.1, 0.15) is 0 Å². The fourth-order valence-corrected chi connectivity index (χ4v) is 2.63. The Bertz CT molecular complexity index is 655. The summed E-state index contributed by atoms with van der Waals surface area (Å²) in [5.74, 6) is 0.0332. The van der Waals surface area contributed by atoms with Crippen molar-refractivity contribution >= 4 is 27.5 Å². The Balaban J connectivity index is 2.18. The van der Waals surface area contributed by atoms with Crippen molar-refractivity contribution in [1.29, 1.82) is 0 Å². The van der Waals surface area contributed by atoms with Crippen LogP contribution in [-0.2, 0) is 6.54 Å². The van der Waals surface area contributed by atoms with Crippen LogP contribution in [0.5, 0.6) is 0 Å². The SMILES string of the molecule is CNc1ccc(C(=O)N(C)Cc2ccccc2Br)c(C)c1. The second-order valence-corrected chi connectivity index (χ2v) is 5.89. The van der Waals surface area contributed by atoms with E-state index in [2.05, 4.69) is 21.2 Å². The highest BCUT2D eigenvalue weighted by Gasteiger charge is 2.15. The number of benzene rings is 2. The summed E-state index contributed by atoms with van der Waals surface area (Å²) in [7, 11) is 3.70. The van der Waals surface area contributed by atoms with Crippen molar-refractivity contribution in [2.45, 2.75) is 13.5 Å². The van der Waals surface area contributed by atoms with Gasteiger partial charge in [-0.3, -0.25) is 4.79 Å². The number of nitrogens with zero attached hydrogens (tertiary/aromatic N) is 1. The Morgan fingerprint density at radius 1 is 1.24 bits per heavy atom. The van der Waals surface area contributed by atoms with Crippen molar-refractivity contribution in [3.8, 4) is 0 Å². The largest absolute Gasteiger partial charge is 0.388 e. The Morgan fingerprint density at radius 3 is 2.57 bits per heavy atom. The van der Waals surface area contributed by atoms with Crippen LogP contribution in [0.1, 0.15) is 21.5 Å². The molecule has 0 saturated carbocycles. The maximum atomic E-state index is 12.6. The normalized spacial score (nSPS) is 10.3. The molecule has 0 aromatic heterocycles. The Hall–Kier alpha value is -1.81. The fraction of sp³-hybridized carbons (Fsp3) is 0.235. The van der Waals surface area contributed by atoms with E-state index in [4.69, 9.17) is 0 Å². The number of nitrogens with one attached hydrogen (secondary N) is 1. The Morgan fingerprint density at radius 2 is 1.95 bits per heavy atom. The predicted molar refractivity (Wildman–Crippen MR) is 90.7 cm³/mol. The first kappa shape index (κ1) is 15.6. The van der Waals surface area contributed by atoms with E-state index in [0.29, 0.717) is 6.54 Å². The molecule has 0 radical (unpaired) electrons. The molecule has 3 nitrogen and oxygen atoms in total. The number of amides is 1. The molecule has 0 saturated heterocycles. The van der Waals surface area contributed by atoms with Gasteiger partial charge in [0.2, 0.25) is 0 Å². The molecule has 0 atom stereocenters. The summed E-state index contributed by atoms with van der Waals surface area (Å²) in [6.07, 6.45) is 0. The smallest absolute Gasteiger partial charge is 0.254 e. The number of carbonyl (C=O) groups excluding carboxylic acids is 1. The minimum absolute atomic E-state index is 0.0332. The lowest BCUT2D eigenvalue weighted by molar-refractivity contribution is 0.0784. The van der Waals surface area contributed by atoms with Crippen molar-refractivity contribution in [2.24, 2.45) is 0 Å². The average molecular weight is 347 g/mol. The molecule has 2 rings (SSSR count). The van der Waals surface area contributed by atoms with E-state index in [1.165, 1.54) is 0 Å². The zero-order valence-electron chi connectivity index (χ0n) is 12.5. The molecular formula is C17H19BrN2O. The van der Waals surface area contributed by atoms with E-state index in [1.807, 2.05) is 63.5 Å². The first-order valence-electron chi connectivity index (χ1n) is 6.80. The van der Waals surface area contributed by atoms with Gasteiger partial charge >= 0.3 is 0 Å². The molecule has 2 aromatic carbocycles. The van der Waals surface area contributed by atoms with Crippen molar-refractivity contribution in [3.63, 3.8) is 0 Å². The molecule has 0 spiro atoms. The Kier molecular flexibility index (Phi) is 5.02. The number of rotatable bonds is 4. The summed E-state index contributed by atoms with van der Waals surface area (Å²) in [5, 5.41) is 3.08. The maximum Gasteiger partial charge on any atom is 0.254 e. The van der Waals surface area contributed by atoms with Gasteiger partial charge in [-0.15, -0.1) is 0 Å². The van der Waals surface area contributed by atoms with E-state index in [-0.39, 0.29) is 5.91 Å². The third-order valence-electron chi connectivity index (χ3n) is 3.46. The zero-order chi connectivity index (χ0) is 15.4. The summed E-state index contributed by atoms with van der Waals surface area (Å²) >= 11 is 3.52. The maximum absolute atomic E-state index is 12.6. The van der Waals surface area contributed by atoms with Crippen LogP contribution in [0.15, 0.2) is 46.9 Å². The highest BCUT2D eigenvalue weighted by atomic mass is 79.9. The molecular weight excluding hydrogens is 328 g/mol. The van der Waals surface area contributed by atoms with Crippen molar-refractivity contribution in [3.05, 3.63) is 63.6 Å². The van der Waals surface area contributed by atoms with Gasteiger partial charge in [-0.2, -0.15) is 0 Å². The third-order valence-corrected chi connectivity index (χ3v) is 4.23. The van der Waals surface area contributed by atoms with Gasteiger partial charge in [0.25, 0.3) is 5.91 Å². The van der Waals surface area contributed by atoms with Crippen molar-refractivity contribution in [1.82, 2.24) is 4.90 Å². The highest BCUT2D eigenvalue weighted by molar-refractivity contribution is 9.10. The molecule has 1 N–H and O–H groups in total. The first-order valence-corrected chi connectivity index (χ1v) is 7.59. The summed E-state index contributed by atoms with van der Waals surface area (Å²) in [6.45, 7) is 2.54. The van der Waals surface area contributed by atoms with Crippen molar-refractivity contribution < 1.29 is 4.79 Å². The molecule has 0 aliphatic heterocycles. The minimum Gasteiger partial charge on any atom is -0.388 e. The van der Waals surface area contributed by atoms with E-state index >= 15 is 0 Å². The van der Waals surface area contributed by atoms with Crippen molar-refractivity contribution in [2.75, 3.05) is 19.4 Å². The van der Waals surface area contributed by atoms with Gasteiger partial charge in [0, 0.05) is 36.4 Å². The van der Waals surface area contributed by atoms with Crippen LogP contribution in [0.2, 0.25) is 0 Å². The number of aryl methyl sites for hydroxylation is 1. The molecule has 1 amide bonds. The summed E-state index contributed by atoms with van der Waals surface area (Å²) in [6, 6.07) is 13.7. The lowest BCUT2D eigenvalue weighted by Crippen LogP contribution is -2.27. The molecule has 0 heterocycles. The Labute approximate surface area is 134 Å². The molecule has 0 bridgehead atoms. The standard InChI is InChI=1S/C17H19BrN2O/c1-12-10-14(19-2)8-9-15(12)17(21)20(3)11-13-6-4-5-7-16(13)18/h4-10,19H,11H2,1-3H3. The third kappa shape index (κ3) is 3.64. The zero-order valence-corrected chi connectivity index (χ0v) is 14.1. The predicted octanol–water partition coefficient (Wildman–Crippen LogP) is 4.07. The molecule has 21 heavy (non-hydrogen) atoms. The molecule has 110 valence electrons. The number of halogens is 1. The summed E-state index contributed by atoms with van der Waals surface area (Å²) < 4.78 is 1.02. The highest BCUT2D eigenvalue weighted by Crippen LogP contribution is 2.20. The molecule has 0 fully saturated rings. The molecule has 0 unspecified atom stereocenters. The van der Waals surface area contributed by atoms with Gasteiger partial charge in [-0.25, -0.2) is 0 Å². The monoisotopic (exact) mass is 346 g/mol. The topological polar surface area (TPSA) is 32.3 Å². The number of anilines is 1. The van der Waals surface area contributed by atoms with E-state index in [0.717, 1.165) is 26.9 Å². The van der Waals surface area contributed by atoms with Gasteiger partial charge in [-0.1, -0.05) is 34.1 Å². The number of carbonyl (C=O) groups is 1. The van der Waals surface area contributed by atoms with Crippen LogP contribution >= 0.6 is 15.9 Å². The quantitative estimate of drug-likeness (QED) is 0.904. The molecule has 0 aliphatic carbocycles. The molecule has 0 aliphatic rings. The van der Waals surface area contributed by atoms with E-state index in [9.17, 15) is 4.79 Å². The number of hydrogen-bond donors (Lipinski definition) is 1. The molecule has 2 aromatic rings. The van der Waals surface area contributed by atoms with Crippen LogP contribution in [0.4, 0.5) is 5.69 Å². The lowest BCUT2D eigenvalue weighted by Gasteiger charge is -2.19. The first-order chi connectivity index (χ1) is 10.0. The lowest BCUT2D eigenvalue weighted by atomic mass is 10.1. The second kappa shape index (κ2) is 6.76. The van der Waals surface area contributed by atoms with Crippen LogP contribution in [0, 0.1) is 6.92 Å². The average Bonchev–Trinajstić information content (AvgIpc) is 2.48. The fourth-order valence-electron chi connectivity index (χ4n) is 2.22. The van der Waals surface area contributed by atoms with Gasteiger partial charge in [0.15, 0.2) is 0 Å². The van der Waals surface area contributed by atoms with Crippen LogP contribution in [-0.4, -0.2) is 24.9 Å². The van der Waals surface area contributed by atoms with Gasteiger partial charge in [-0.05, 0) is 42.3 Å². The minimum atomic E-state index is 0.0332. The van der Waals surface area contributed by atoms with Gasteiger partial charge < -0.3 is 10.2 Å².